The number of rotatable bonds is 11. The van der Waals surface area contributed by atoms with Crippen LogP contribution in [-0.4, -0.2) is 25.2 Å². The van der Waals surface area contributed by atoms with Gasteiger partial charge in [0.1, 0.15) is 0 Å². The average Bonchev–Trinajstić information content (AvgIpc) is 2.63. The fourth-order valence-electron chi connectivity index (χ4n) is 2.95. The number of nitrogens with two attached hydrogens (primary N) is 2. The highest BCUT2D eigenvalue weighted by Gasteiger charge is 2.11. The number of nitrogens with one attached hydrogen (secondary N) is 1. The molecule has 0 aliphatic heterocycles. The van der Waals surface area contributed by atoms with Gasteiger partial charge in [-0.2, -0.15) is 0 Å². The fraction of sp³-hybridized carbons (Fsp3) is 0.429. The van der Waals surface area contributed by atoms with Crippen molar-refractivity contribution in [2.24, 2.45) is 11.5 Å². The topological polar surface area (TPSA) is 64.1 Å². The van der Waals surface area contributed by atoms with Crippen molar-refractivity contribution in [1.29, 1.82) is 0 Å². The van der Waals surface area contributed by atoms with E-state index in [-0.39, 0.29) is 6.04 Å². The van der Waals surface area contributed by atoms with Gasteiger partial charge >= 0.3 is 0 Å². The molecule has 0 saturated carbocycles. The second kappa shape index (κ2) is 11.0. The van der Waals surface area contributed by atoms with Crippen LogP contribution in [0.2, 0.25) is 0 Å². The maximum absolute atomic E-state index is 6.10. The van der Waals surface area contributed by atoms with E-state index in [2.05, 4.69) is 66.0 Å². The molecule has 0 aliphatic rings. The zero-order valence-electron chi connectivity index (χ0n) is 14.5. The molecule has 0 radical (unpaired) electrons. The highest BCUT2D eigenvalue weighted by atomic mass is 14.9. The van der Waals surface area contributed by atoms with Crippen LogP contribution < -0.4 is 16.8 Å². The molecule has 0 bridgehead atoms. The minimum absolute atomic E-state index is 0.144. The van der Waals surface area contributed by atoms with Crippen LogP contribution in [0.25, 0.3) is 0 Å². The summed E-state index contributed by atoms with van der Waals surface area (Å²) in [5.41, 5.74) is 14.5. The molecule has 0 aliphatic carbocycles. The van der Waals surface area contributed by atoms with E-state index in [4.69, 9.17) is 11.5 Å². The summed E-state index contributed by atoms with van der Waals surface area (Å²) < 4.78 is 0. The smallest absolute Gasteiger partial charge is 0.0177 e. The third-order valence-electron chi connectivity index (χ3n) is 4.45. The molecule has 1 atom stereocenters. The van der Waals surface area contributed by atoms with Gasteiger partial charge in [0.05, 0.1) is 0 Å². The van der Waals surface area contributed by atoms with E-state index in [0.29, 0.717) is 12.6 Å². The maximum Gasteiger partial charge on any atom is 0.0177 e. The molecule has 3 nitrogen and oxygen atoms in total. The van der Waals surface area contributed by atoms with Crippen LogP contribution in [0.5, 0.6) is 0 Å². The van der Waals surface area contributed by atoms with Gasteiger partial charge in [-0.15, -0.1) is 0 Å². The van der Waals surface area contributed by atoms with Crippen molar-refractivity contribution < 1.29 is 0 Å². The minimum Gasteiger partial charge on any atom is -0.330 e. The number of hydrogen-bond acceptors (Lipinski definition) is 3. The van der Waals surface area contributed by atoms with Crippen molar-refractivity contribution in [2.75, 3.05) is 13.1 Å². The highest BCUT2D eigenvalue weighted by Crippen LogP contribution is 2.11. The second-order valence-corrected chi connectivity index (χ2v) is 6.49. The van der Waals surface area contributed by atoms with Crippen molar-refractivity contribution in [3.05, 3.63) is 71.8 Å². The summed E-state index contributed by atoms with van der Waals surface area (Å²) in [5, 5.41) is 3.66. The van der Waals surface area contributed by atoms with Crippen LogP contribution in [0.1, 0.15) is 30.4 Å². The fourth-order valence-corrected chi connectivity index (χ4v) is 2.95. The molecule has 0 heterocycles. The first-order valence-electron chi connectivity index (χ1n) is 9.05. The highest BCUT2D eigenvalue weighted by molar-refractivity contribution is 5.16. The Hall–Kier alpha value is -1.68. The Morgan fingerprint density at radius 3 is 1.71 bits per heavy atom. The van der Waals surface area contributed by atoms with Crippen LogP contribution >= 0.6 is 0 Å². The van der Waals surface area contributed by atoms with Gasteiger partial charge in [0.2, 0.25) is 0 Å². The molecule has 0 spiro atoms. The first-order chi connectivity index (χ1) is 11.8. The molecule has 130 valence electrons. The summed E-state index contributed by atoms with van der Waals surface area (Å²) in [6.45, 7) is 1.49. The second-order valence-electron chi connectivity index (χ2n) is 6.49. The van der Waals surface area contributed by atoms with E-state index < -0.39 is 0 Å². The van der Waals surface area contributed by atoms with Crippen LogP contribution in [-0.2, 0) is 12.8 Å². The van der Waals surface area contributed by atoms with E-state index >= 15 is 0 Å². The summed E-state index contributed by atoms with van der Waals surface area (Å²) in [6.07, 6.45) is 5.33. The monoisotopic (exact) mass is 325 g/mol. The van der Waals surface area contributed by atoms with E-state index in [0.717, 1.165) is 38.6 Å². The van der Waals surface area contributed by atoms with Gasteiger partial charge in [0, 0.05) is 18.6 Å². The summed E-state index contributed by atoms with van der Waals surface area (Å²) in [6, 6.07) is 22.0. The third kappa shape index (κ3) is 7.26. The number of hydrogen-bond donors (Lipinski definition) is 3. The minimum atomic E-state index is 0.144. The van der Waals surface area contributed by atoms with E-state index in [1.807, 2.05) is 0 Å². The zero-order valence-corrected chi connectivity index (χ0v) is 14.5. The molecular weight excluding hydrogens is 294 g/mol. The Kier molecular flexibility index (Phi) is 8.53. The molecular formula is C21H31N3. The molecule has 2 rings (SSSR count). The Bertz CT molecular complexity index is 498. The molecule has 2 aromatic carbocycles. The van der Waals surface area contributed by atoms with Gasteiger partial charge in [0.25, 0.3) is 0 Å². The molecule has 0 aromatic heterocycles. The first-order valence-corrected chi connectivity index (χ1v) is 9.05. The van der Waals surface area contributed by atoms with Gasteiger partial charge in [-0.05, 0) is 49.8 Å². The summed E-state index contributed by atoms with van der Waals surface area (Å²) in [4.78, 5) is 0. The standard InChI is InChI=1S/C21H31N3/c22-16-15-20(23)17-24-21(13-11-18-7-3-1-4-8-18)14-12-19-9-5-2-6-10-19/h1-10,20-21,24H,11-17,22-23H2/t20-/m0/s1. The van der Waals surface area contributed by atoms with Crippen molar-refractivity contribution in [2.45, 2.75) is 44.2 Å². The van der Waals surface area contributed by atoms with Crippen LogP contribution in [0.4, 0.5) is 0 Å². The Morgan fingerprint density at radius 2 is 1.25 bits per heavy atom. The van der Waals surface area contributed by atoms with Crippen LogP contribution in [0.15, 0.2) is 60.7 Å². The lowest BCUT2D eigenvalue weighted by atomic mass is 9.98. The predicted molar refractivity (Wildman–Crippen MR) is 103 cm³/mol. The van der Waals surface area contributed by atoms with Gasteiger partial charge < -0.3 is 16.8 Å². The lowest BCUT2D eigenvalue weighted by molar-refractivity contribution is 0.426. The summed E-state index contributed by atoms with van der Waals surface area (Å²) >= 11 is 0. The quantitative estimate of drug-likeness (QED) is 0.595. The van der Waals surface area contributed by atoms with Crippen molar-refractivity contribution >= 4 is 0 Å². The molecule has 0 fully saturated rings. The van der Waals surface area contributed by atoms with Gasteiger partial charge in [-0.3, -0.25) is 0 Å². The molecule has 0 unspecified atom stereocenters. The van der Waals surface area contributed by atoms with Gasteiger partial charge in [-0.25, -0.2) is 0 Å². The molecule has 0 saturated heterocycles. The van der Waals surface area contributed by atoms with Crippen molar-refractivity contribution in [3.8, 4) is 0 Å². The van der Waals surface area contributed by atoms with Gasteiger partial charge in [0.15, 0.2) is 0 Å². The molecule has 5 N–H and O–H groups in total. The van der Waals surface area contributed by atoms with Crippen LogP contribution in [0, 0.1) is 0 Å². The van der Waals surface area contributed by atoms with E-state index in [9.17, 15) is 0 Å². The predicted octanol–water partition coefficient (Wildman–Crippen LogP) is 2.89. The average molecular weight is 326 g/mol. The van der Waals surface area contributed by atoms with Gasteiger partial charge in [-0.1, -0.05) is 60.7 Å². The third-order valence-corrected chi connectivity index (χ3v) is 4.45. The van der Waals surface area contributed by atoms with E-state index in [1.54, 1.807) is 0 Å². The summed E-state index contributed by atoms with van der Waals surface area (Å²) in [5.74, 6) is 0. The molecule has 3 heteroatoms. The number of benzene rings is 2. The maximum atomic E-state index is 6.10. The molecule has 24 heavy (non-hydrogen) atoms. The SMILES string of the molecule is NCC[C@H](N)CNC(CCc1ccccc1)CCc1ccccc1. The Labute approximate surface area is 146 Å². The van der Waals surface area contributed by atoms with Crippen LogP contribution in [0.3, 0.4) is 0 Å². The lowest BCUT2D eigenvalue weighted by Crippen LogP contribution is -2.41. The lowest BCUT2D eigenvalue weighted by Gasteiger charge is -2.21. The molecule has 0 amide bonds. The molecule has 2 aromatic rings. The van der Waals surface area contributed by atoms with E-state index in [1.165, 1.54) is 11.1 Å². The first kappa shape index (κ1) is 18.7. The van der Waals surface area contributed by atoms with Crippen molar-refractivity contribution in [1.82, 2.24) is 5.32 Å². The zero-order chi connectivity index (χ0) is 17.0. The number of aryl methyl sites for hydroxylation is 2. The van der Waals surface area contributed by atoms with Crippen molar-refractivity contribution in [3.63, 3.8) is 0 Å². The Balaban J connectivity index is 1.85. The Morgan fingerprint density at radius 1 is 0.750 bits per heavy atom. The largest absolute Gasteiger partial charge is 0.330 e. The normalized spacial score (nSPS) is 12.5. The summed E-state index contributed by atoms with van der Waals surface area (Å²) in [7, 11) is 0.